The molecule has 2 atom stereocenters. The number of aryl methyl sites for hydroxylation is 1. The summed E-state index contributed by atoms with van der Waals surface area (Å²) >= 11 is 1.54. The molecular formula is C17H17F2NS. The van der Waals surface area contributed by atoms with Crippen molar-refractivity contribution in [1.82, 2.24) is 0 Å². The maximum absolute atomic E-state index is 13.3. The SMILES string of the molecule is NC1c2ccccc2CCCC1Sc1ccc(F)c(F)c1. The molecule has 3 rings (SSSR count). The number of benzene rings is 2. The summed E-state index contributed by atoms with van der Waals surface area (Å²) in [6.07, 6.45) is 3.06. The molecule has 2 aromatic carbocycles. The normalized spacial score (nSPS) is 21.7. The van der Waals surface area contributed by atoms with E-state index in [0.29, 0.717) is 0 Å². The number of hydrogen-bond acceptors (Lipinski definition) is 2. The first-order valence-electron chi connectivity index (χ1n) is 7.10. The second-order valence-corrected chi connectivity index (χ2v) is 6.66. The van der Waals surface area contributed by atoms with Gasteiger partial charge in [0.15, 0.2) is 11.6 Å². The van der Waals surface area contributed by atoms with Gasteiger partial charge in [0.1, 0.15) is 0 Å². The van der Waals surface area contributed by atoms with Gasteiger partial charge in [-0.2, -0.15) is 0 Å². The molecule has 0 radical (unpaired) electrons. The van der Waals surface area contributed by atoms with Gasteiger partial charge < -0.3 is 5.73 Å². The van der Waals surface area contributed by atoms with Crippen LogP contribution in [0.2, 0.25) is 0 Å². The molecule has 0 saturated heterocycles. The summed E-state index contributed by atoms with van der Waals surface area (Å²) in [6, 6.07) is 12.2. The number of halogens is 2. The van der Waals surface area contributed by atoms with E-state index in [0.717, 1.165) is 24.2 Å². The van der Waals surface area contributed by atoms with Crippen molar-refractivity contribution in [3.63, 3.8) is 0 Å². The molecule has 4 heteroatoms. The molecule has 2 unspecified atom stereocenters. The smallest absolute Gasteiger partial charge is 0.159 e. The molecule has 0 heterocycles. The molecule has 0 fully saturated rings. The van der Waals surface area contributed by atoms with Crippen molar-refractivity contribution in [2.24, 2.45) is 5.73 Å². The minimum absolute atomic E-state index is 0.0817. The van der Waals surface area contributed by atoms with Crippen LogP contribution >= 0.6 is 11.8 Å². The number of rotatable bonds is 2. The van der Waals surface area contributed by atoms with Crippen LogP contribution in [-0.2, 0) is 6.42 Å². The lowest BCUT2D eigenvalue weighted by molar-refractivity contribution is 0.505. The molecule has 21 heavy (non-hydrogen) atoms. The Morgan fingerprint density at radius 3 is 2.67 bits per heavy atom. The highest BCUT2D eigenvalue weighted by Gasteiger charge is 2.25. The van der Waals surface area contributed by atoms with Crippen LogP contribution in [0.5, 0.6) is 0 Å². The third-order valence-electron chi connectivity index (χ3n) is 3.93. The summed E-state index contributed by atoms with van der Waals surface area (Å²) in [5, 5.41) is 0.179. The van der Waals surface area contributed by atoms with Crippen molar-refractivity contribution in [1.29, 1.82) is 0 Å². The van der Waals surface area contributed by atoms with Crippen LogP contribution in [-0.4, -0.2) is 5.25 Å². The minimum atomic E-state index is -0.810. The zero-order chi connectivity index (χ0) is 14.8. The van der Waals surface area contributed by atoms with Crippen LogP contribution in [0.15, 0.2) is 47.4 Å². The van der Waals surface area contributed by atoms with Crippen LogP contribution < -0.4 is 5.73 Å². The lowest BCUT2D eigenvalue weighted by Gasteiger charge is -2.22. The molecule has 0 saturated carbocycles. The van der Waals surface area contributed by atoms with Gasteiger partial charge in [0.05, 0.1) is 0 Å². The Bertz CT molecular complexity index is 644. The molecule has 1 aliphatic rings. The summed E-state index contributed by atoms with van der Waals surface area (Å²) in [5.41, 5.74) is 8.90. The molecular weight excluding hydrogens is 288 g/mol. The highest BCUT2D eigenvalue weighted by Crippen LogP contribution is 2.38. The first-order valence-corrected chi connectivity index (χ1v) is 7.98. The van der Waals surface area contributed by atoms with Gasteiger partial charge in [0.25, 0.3) is 0 Å². The summed E-state index contributed by atoms with van der Waals surface area (Å²) in [4.78, 5) is 0.730. The molecule has 1 nitrogen and oxygen atoms in total. The second kappa shape index (κ2) is 6.16. The zero-order valence-corrected chi connectivity index (χ0v) is 12.4. The second-order valence-electron chi connectivity index (χ2n) is 5.35. The molecule has 0 bridgehead atoms. The molecule has 2 aromatic rings. The van der Waals surface area contributed by atoms with Gasteiger partial charge in [-0.1, -0.05) is 24.3 Å². The maximum atomic E-state index is 13.3. The Hall–Kier alpha value is -1.39. The zero-order valence-electron chi connectivity index (χ0n) is 11.6. The quantitative estimate of drug-likeness (QED) is 0.829. The minimum Gasteiger partial charge on any atom is -0.323 e. The predicted molar refractivity (Wildman–Crippen MR) is 82.3 cm³/mol. The summed E-state index contributed by atoms with van der Waals surface area (Å²) in [5.74, 6) is -1.61. The Morgan fingerprint density at radius 1 is 1.05 bits per heavy atom. The maximum Gasteiger partial charge on any atom is 0.159 e. The number of thioether (sulfide) groups is 1. The highest BCUT2D eigenvalue weighted by molar-refractivity contribution is 8.00. The van der Waals surface area contributed by atoms with E-state index >= 15 is 0 Å². The largest absolute Gasteiger partial charge is 0.323 e. The van der Waals surface area contributed by atoms with Crippen molar-refractivity contribution in [2.75, 3.05) is 0 Å². The molecule has 1 aliphatic carbocycles. The lowest BCUT2D eigenvalue weighted by Crippen LogP contribution is -2.23. The molecule has 0 amide bonds. The van der Waals surface area contributed by atoms with Gasteiger partial charge in [0.2, 0.25) is 0 Å². The standard InChI is InChI=1S/C17H17F2NS/c18-14-9-8-12(10-15(14)19)21-16-7-3-5-11-4-1-2-6-13(11)17(16)20/h1-2,4,6,8-10,16-17H,3,5,7,20H2. The van der Waals surface area contributed by atoms with E-state index in [2.05, 4.69) is 12.1 Å². The van der Waals surface area contributed by atoms with E-state index < -0.39 is 11.6 Å². The van der Waals surface area contributed by atoms with Gasteiger partial charge >= 0.3 is 0 Å². The van der Waals surface area contributed by atoms with Crippen LogP contribution in [0.1, 0.15) is 30.0 Å². The van der Waals surface area contributed by atoms with Crippen LogP contribution in [0.25, 0.3) is 0 Å². The summed E-state index contributed by atoms with van der Waals surface area (Å²) < 4.78 is 26.3. The number of hydrogen-bond donors (Lipinski definition) is 1. The van der Waals surface area contributed by atoms with Crippen molar-refractivity contribution >= 4 is 11.8 Å². The Morgan fingerprint density at radius 2 is 1.86 bits per heavy atom. The van der Waals surface area contributed by atoms with E-state index in [9.17, 15) is 8.78 Å². The van der Waals surface area contributed by atoms with Crippen molar-refractivity contribution < 1.29 is 8.78 Å². The van der Waals surface area contributed by atoms with Crippen molar-refractivity contribution in [3.05, 3.63) is 65.2 Å². The van der Waals surface area contributed by atoms with E-state index in [4.69, 9.17) is 5.73 Å². The first kappa shape index (κ1) is 14.5. The van der Waals surface area contributed by atoms with Gasteiger partial charge in [-0.25, -0.2) is 8.78 Å². The van der Waals surface area contributed by atoms with E-state index in [-0.39, 0.29) is 11.3 Å². The Kier molecular flexibility index (Phi) is 4.27. The third-order valence-corrected chi connectivity index (χ3v) is 5.29. The Balaban J connectivity index is 1.84. The fourth-order valence-electron chi connectivity index (χ4n) is 2.82. The van der Waals surface area contributed by atoms with Crippen molar-refractivity contribution in [2.45, 2.75) is 35.4 Å². The van der Waals surface area contributed by atoms with Gasteiger partial charge in [-0.15, -0.1) is 11.8 Å². The summed E-state index contributed by atoms with van der Waals surface area (Å²) in [7, 11) is 0. The number of fused-ring (bicyclic) bond motifs is 1. The topological polar surface area (TPSA) is 26.0 Å². The predicted octanol–water partition coefficient (Wildman–Crippen LogP) is 4.46. The molecule has 0 aliphatic heterocycles. The summed E-state index contributed by atoms with van der Waals surface area (Å²) in [6.45, 7) is 0. The molecule has 0 spiro atoms. The average molecular weight is 305 g/mol. The fraction of sp³-hybridized carbons (Fsp3) is 0.294. The monoisotopic (exact) mass is 305 g/mol. The van der Waals surface area contributed by atoms with E-state index in [1.165, 1.54) is 23.3 Å². The van der Waals surface area contributed by atoms with Crippen LogP contribution in [0, 0.1) is 11.6 Å². The van der Waals surface area contributed by atoms with Gasteiger partial charge in [-0.3, -0.25) is 0 Å². The molecule has 0 aromatic heterocycles. The lowest BCUT2D eigenvalue weighted by atomic mass is 10.00. The van der Waals surface area contributed by atoms with Crippen LogP contribution in [0.4, 0.5) is 8.78 Å². The first-order chi connectivity index (χ1) is 10.1. The third kappa shape index (κ3) is 3.11. The Labute approximate surface area is 127 Å². The fourth-order valence-corrected chi connectivity index (χ4v) is 4.06. The van der Waals surface area contributed by atoms with E-state index in [1.54, 1.807) is 17.8 Å². The van der Waals surface area contributed by atoms with E-state index in [1.807, 2.05) is 12.1 Å². The number of nitrogens with two attached hydrogens (primary N) is 1. The molecule has 2 N–H and O–H groups in total. The van der Waals surface area contributed by atoms with Gasteiger partial charge in [0, 0.05) is 16.2 Å². The van der Waals surface area contributed by atoms with Crippen molar-refractivity contribution in [3.8, 4) is 0 Å². The van der Waals surface area contributed by atoms with Gasteiger partial charge in [-0.05, 0) is 48.6 Å². The highest BCUT2D eigenvalue weighted by atomic mass is 32.2. The average Bonchev–Trinajstić information content (AvgIpc) is 2.64. The molecule has 110 valence electrons. The van der Waals surface area contributed by atoms with Crippen LogP contribution in [0.3, 0.4) is 0 Å².